The Bertz CT molecular complexity index is 397. The summed E-state index contributed by atoms with van der Waals surface area (Å²) in [7, 11) is 0. The number of hydrogen-bond donors (Lipinski definition) is 1. The summed E-state index contributed by atoms with van der Waals surface area (Å²) in [5.74, 6) is 0. The Morgan fingerprint density at radius 2 is 2.33 bits per heavy atom. The van der Waals surface area contributed by atoms with E-state index in [0.29, 0.717) is 6.04 Å². The first-order chi connectivity index (χ1) is 8.70. The van der Waals surface area contributed by atoms with Crippen molar-refractivity contribution in [2.24, 2.45) is 0 Å². The van der Waals surface area contributed by atoms with E-state index in [-0.39, 0.29) is 0 Å². The minimum atomic E-state index is 0.596. The molecule has 0 amide bonds. The summed E-state index contributed by atoms with van der Waals surface area (Å²) in [6.07, 6.45) is 3.69. The van der Waals surface area contributed by atoms with Gasteiger partial charge in [-0.2, -0.15) is 0 Å². The second-order valence-corrected chi connectivity index (χ2v) is 6.16. The van der Waals surface area contributed by atoms with Crippen LogP contribution >= 0.6 is 27.5 Å². The van der Waals surface area contributed by atoms with Crippen LogP contribution in [0.5, 0.6) is 0 Å². The van der Waals surface area contributed by atoms with Gasteiger partial charge in [-0.25, -0.2) is 0 Å². The Labute approximate surface area is 123 Å². The second kappa shape index (κ2) is 6.78. The zero-order valence-electron chi connectivity index (χ0n) is 10.8. The van der Waals surface area contributed by atoms with E-state index >= 15 is 0 Å². The van der Waals surface area contributed by atoms with E-state index in [2.05, 4.69) is 45.2 Å². The molecule has 1 fully saturated rings. The molecule has 0 aliphatic carbocycles. The number of benzene rings is 1. The molecule has 2 rings (SSSR count). The van der Waals surface area contributed by atoms with Gasteiger partial charge in [-0.15, -0.1) is 0 Å². The number of nitrogens with zero attached hydrogens (tertiary/aromatic N) is 1. The van der Waals surface area contributed by atoms with Gasteiger partial charge in [0, 0.05) is 23.6 Å². The molecule has 1 saturated heterocycles. The predicted octanol–water partition coefficient (Wildman–Crippen LogP) is 4.07. The summed E-state index contributed by atoms with van der Waals surface area (Å²) >= 11 is 9.77. The largest absolute Gasteiger partial charge is 0.369 e. The molecule has 1 unspecified atom stereocenters. The van der Waals surface area contributed by atoms with Gasteiger partial charge in [0.25, 0.3) is 0 Å². The van der Waals surface area contributed by atoms with Crippen LogP contribution in [0.3, 0.4) is 0 Å². The van der Waals surface area contributed by atoms with Crippen molar-refractivity contribution in [3.05, 3.63) is 27.7 Å². The van der Waals surface area contributed by atoms with Crippen LogP contribution in [-0.2, 0) is 0 Å². The molecule has 4 heteroatoms. The molecule has 18 heavy (non-hydrogen) atoms. The van der Waals surface area contributed by atoms with Crippen LogP contribution in [-0.4, -0.2) is 25.7 Å². The van der Waals surface area contributed by atoms with E-state index in [9.17, 15) is 0 Å². The Balaban J connectivity index is 2.03. The first-order valence-corrected chi connectivity index (χ1v) is 7.81. The Morgan fingerprint density at radius 1 is 1.50 bits per heavy atom. The maximum absolute atomic E-state index is 6.32. The number of piperidine rings is 1. The second-order valence-electron chi connectivity index (χ2n) is 4.84. The molecule has 0 bridgehead atoms. The van der Waals surface area contributed by atoms with Crippen LogP contribution in [0.25, 0.3) is 0 Å². The fourth-order valence-electron chi connectivity index (χ4n) is 2.45. The van der Waals surface area contributed by atoms with Crippen molar-refractivity contribution in [2.45, 2.75) is 32.2 Å². The predicted molar refractivity (Wildman–Crippen MR) is 82.7 cm³/mol. The monoisotopic (exact) mass is 330 g/mol. The molecule has 0 saturated carbocycles. The summed E-state index contributed by atoms with van der Waals surface area (Å²) < 4.78 is 1.04. The lowest BCUT2D eigenvalue weighted by Gasteiger charge is -2.35. The summed E-state index contributed by atoms with van der Waals surface area (Å²) in [4.78, 5) is 2.39. The lowest BCUT2D eigenvalue weighted by Crippen LogP contribution is -2.46. The Kier molecular flexibility index (Phi) is 5.34. The molecule has 0 spiro atoms. The van der Waals surface area contributed by atoms with E-state index in [0.717, 1.165) is 34.8 Å². The van der Waals surface area contributed by atoms with Crippen LogP contribution in [0, 0.1) is 0 Å². The molecular weight excluding hydrogens is 312 g/mol. The molecule has 100 valence electrons. The maximum Gasteiger partial charge on any atom is 0.0650 e. The quantitative estimate of drug-likeness (QED) is 0.894. The minimum absolute atomic E-state index is 0.596. The van der Waals surface area contributed by atoms with Crippen molar-refractivity contribution in [3.63, 3.8) is 0 Å². The summed E-state index contributed by atoms with van der Waals surface area (Å²) in [5.41, 5.74) is 1.16. The molecule has 1 heterocycles. The van der Waals surface area contributed by atoms with E-state index in [1.165, 1.54) is 19.3 Å². The van der Waals surface area contributed by atoms with Crippen molar-refractivity contribution >= 4 is 33.2 Å². The van der Waals surface area contributed by atoms with Gasteiger partial charge >= 0.3 is 0 Å². The Morgan fingerprint density at radius 3 is 3.06 bits per heavy atom. The van der Waals surface area contributed by atoms with Gasteiger partial charge in [-0.3, -0.25) is 0 Å². The van der Waals surface area contributed by atoms with Crippen molar-refractivity contribution in [1.82, 2.24) is 5.32 Å². The lowest BCUT2D eigenvalue weighted by atomic mass is 10.0. The van der Waals surface area contributed by atoms with Crippen LogP contribution < -0.4 is 10.2 Å². The number of rotatable bonds is 4. The third-order valence-corrected chi connectivity index (χ3v) is 4.15. The molecule has 2 nitrogen and oxygen atoms in total. The number of halogens is 2. The van der Waals surface area contributed by atoms with E-state index < -0.39 is 0 Å². The first-order valence-electron chi connectivity index (χ1n) is 6.64. The molecule has 1 aliphatic rings. The molecule has 1 atom stereocenters. The SMILES string of the molecule is CCCNC1CCCN(c2ccc(Br)cc2Cl)C1. The smallest absolute Gasteiger partial charge is 0.0650 e. The highest BCUT2D eigenvalue weighted by molar-refractivity contribution is 9.10. The van der Waals surface area contributed by atoms with Gasteiger partial charge in [0.05, 0.1) is 10.7 Å². The fraction of sp³-hybridized carbons (Fsp3) is 0.571. The molecule has 1 aromatic rings. The van der Waals surface area contributed by atoms with Gasteiger partial charge in [-0.05, 0) is 44.0 Å². The maximum atomic E-state index is 6.32. The molecule has 1 aliphatic heterocycles. The summed E-state index contributed by atoms with van der Waals surface area (Å²) in [5, 5.41) is 4.44. The molecular formula is C14H20BrClN2. The fourth-order valence-corrected chi connectivity index (χ4v) is 3.24. The van der Waals surface area contributed by atoms with Gasteiger partial charge in [0.1, 0.15) is 0 Å². The van der Waals surface area contributed by atoms with Crippen molar-refractivity contribution in [1.29, 1.82) is 0 Å². The zero-order valence-corrected chi connectivity index (χ0v) is 13.1. The van der Waals surface area contributed by atoms with E-state index in [1.54, 1.807) is 0 Å². The van der Waals surface area contributed by atoms with Gasteiger partial charge < -0.3 is 10.2 Å². The van der Waals surface area contributed by atoms with Crippen molar-refractivity contribution in [3.8, 4) is 0 Å². The van der Waals surface area contributed by atoms with Crippen LogP contribution in [0.2, 0.25) is 5.02 Å². The minimum Gasteiger partial charge on any atom is -0.369 e. The van der Waals surface area contributed by atoms with Gasteiger partial charge in [0.2, 0.25) is 0 Å². The van der Waals surface area contributed by atoms with E-state index in [1.807, 2.05) is 6.07 Å². The van der Waals surface area contributed by atoms with E-state index in [4.69, 9.17) is 11.6 Å². The Hall–Kier alpha value is -0.250. The number of nitrogens with one attached hydrogen (secondary N) is 1. The summed E-state index contributed by atoms with van der Waals surface area (Å²) in [6.45, 7) is 5.47. The third-order valence-electron chi connectivity index (χ3n) is 3.35. The number of anilines is 1. The van der Waals surface area contributed by atoms with Gasteiger partial charge in [-0.1, -0.05) is 34.5 Å². The lowest BCUT2D eigenvalue weighted by molar-refractivity contribution is 0.423. The zero-order chi connectivity index (χ0) is 13.0. The molecule has 0 aromatic heterocycles. The highest BCUT2D eigenvalue weighted by Gasteiger charge is 2.20. The van der Waals surface area contributed by atoms with Crippen LogP contribution in [0.15, 0.2) is 22.7 Å². The van der Waals surface area contributed by atoms with Gasteiger partial charge in [0.15, 0.2) is 0 Å². The average molecular weight is 332 g/mol. The standard InChI is InChI=1S/C14H20BrClN2/c1-2-7-17-12-4-3-8-18(10-12)14-6-5-11(15)9-13(14)16/h5-6,9,12,17H,2-4,7-8,10H2,1H3. The average Bonchev–Trinajstić information content (AvgIpc) is 2.36. The molecule has 0 radical (unpaired) electrons. The van der Waals surface area contributed by atoms with Crippen molar-refractivity contribution in [2.75, 3.05) is 24.5 Å². The molecule has 1 aromatic carbocycles. The number of hydrogen-bond acceptors (Lipinski definition) is 2. The topological polar surface area (TPSA) is 15.3 Å². The third kappa shape index (κ3) is 3.62. The molecule has 1 N–H and O–H groups in total. The van der Waals surface area contributed by atoms with Crippen LogP contribution in [0.1, 0.15) is 26.2 Å². The first kappa shape index (κ1) is 14.2. The highest BCUT2D eigenvalue weighted by atomic mass is 79.9. The highest BCUT2D eigenvalue weighted by Crippen LogP contribution is 2.30. The summed E-state index contributed by atoms with van der Waals surface area (Å²) in [6, 6.07) is 6.73. The van der Waals surface area contributed by atoms with Crippen molar-refractivity contribution < 1.29 is 0 Å². The normalized spacial score (nSPS) is 20.2. The van der Waals surface area contributed by atoms with Crippen LogP contribution in [0.4, 0.5) is 5.69 Å².